The van der Waals surface area contributed by atoms with Crippen LogP contribution in [0.15, 0.2) is 11.6 Å². The molecule has 0 aliphatic heterocycles. The van der Waals surface area contributed by atoms with Gasteiger partial charge in [0.2, 0.25) is 0 Å². The molecule has 4 rings (SSSR count). The van der Waals surface area contributed by atoms with E-state index in [0.29, 0.717) is 42.3 Å². The number of aliphatic hydroxyl groups is 2. The first-order valence-electron chi connectivity index (χ1n) is 12.7. The number of carbonyl (C=O) groups excluding carboxylic acids is 1. The minimum absolute atomic E-state index is 0.0267. The number of fused-ring (bicyclic) bond motifs is 5. The normalized spacial score (nSPS) is 46.8. The number of aliphatic hydroxyl groups excluding tert-OH is 2. The highest BCUT2D eigenvalue weighted by Gasteiger charge is 2.64. The molecule has 0 saturated heterocycles. The van der Waals surface area contributed by atoms with E-state index in [2.05, 4.69) is 40.7 Å². The Morgan fingerprint density at radius 3 is 2.53 bits per heavy atom. The minimum Gasteiger partial charge on any atom is -0.393 e. The van der Waals surface area contributed by atoms with E-state index in [-0.39, 0.29) is 22.9 Å². The Kier molecular flexibility index (Phi) is 6.03. The summed E-state index contributed by atoms with van der Waals surface area (Å²) in [6.07, 6.45) is 10.2. The molecule has 170 valence electrons. The molecule has 2 N–H and O–H groups in total. The van der Waals surface area contributed by atoms with Crippen LogP contribution in [0.1, 0.15) is 92.4 Å². The second-order valence-corrected chi connectivity index (χ2v) is 12.2. The Morgan fingerprint density at radius 1 is 1.10 bits per heavy atom. The number of ketones is 1. The summed E-state index contributed by atoms with van der Waals surface area (Å²) >= 11 is 0. The summed E-state index contributed by atoms with van der Waals surface area (Å²) in [6.45, 7) is 11.7. The third kappa shape index (κ3) is 3.43. The molecule has 9 atom stereocenters. The number of Topliss-reactive ketones (excluding diaryl/α,β-unsaturated/α-hetero) is 1. The maximum atomic E-state index is 12.1. The molecule has 0 bridgehead atoms. The maximum Gasteiger partial charge on any atom is 0.136 e. The standard InChI is InChI=1S/C27H44O3/c1-16(2)7-6-8-17(3)20-9-10-21-25-22(15-24(30)27(20,21)5)26(4)12-11-19(28)13-18(26)14-23(25)29/h14,16-17,20-25,29-30H,6-13,15H2,1-5H3/t17-,20-,21+,22+,23-,24+,25+,26+,27-/m1/s1. The highest BCUT2D eigenvalue weighted by Crippen LogP contribution is 2.67. The van der Waals surface area contributed by atoms with Crippen molar-refractivity contribution in [3.63, 3.8) is 0 Å². The van der Waals surface area contributed by atoms with Gasteiger partial charge in [0.1, 0.15) is 5.78 Å². The van der Waals surface area contributed by atoms with Crippen LogP contribution in [-0.4, -0.2) is 28.2 Å². The van der Waals surface area contributed by atoms with Crippen LogP contribution >= 0.6 is 0 Å². The van der Waals surface area contributed by atoms with Crippen LogP contribution in [0.4, 0.5) is 0 Å². The molecule has 0 radical (unpaired) electrons. The first-order chi connectivity index (χ1) is 14.1. The van der Waals surface area contributed by atoms with Crippen molar-refractivity contribution >= 4 is 5.78 Å². The fourth-order valence-electron chi connectivity index (χ4n) is 8.45. The van der Waals surface area contributed by atoms with Crippen LogP contribution in [-0.2, 0) is 4.79 Å². The lowest BCUT2D eigenvalue weighted by atomic mass is 9.45. The molecular formula is C27H44O3. The zero-order valence-electron chi connectivity index (χ0n) is 19.9. The quantitative estimate of drug-likeness (QED) is 0.579. The molecule has 0 spiro atoms. The summed E-state index contributed by atoms with van der Waals surface area (Å²) in [4.78, 5) is 12.1. The molecule has 3 nitrogen and oxygen atoms in total. The Labute approximate surface area is 183 Å². The van der Waals surface area contributed by atoms with Gasteiger partial charge in [-0.3, -0.25) is 4.79 Å². The van der Waals surface area contributed by atoms with E-state index in [9.17, 15) is 15.0 Å². The van der Waals surface area contributed by atoms with Gasteiger partial charge in [-0.25, -0.2) is 0 Å². The summed E-state index contributed by atoms with van der Waals surface area (Å²) in [5.41, 5.74) is 1.03. The van der Waals surface area contributed by atoms with Crippen LogP contribution in [0.3, 0.4) is 0 Å². The molecular weight excluding hydrogens is 372 g/mol. The topological polar surface area (TPSA) is 57.5 Å². The van der Waals surface area contributed by atoms with Crippen molar-refractivity contribution in [3.8, 4) is 0 Å². The van der Waals surface area contributed by atoms with Gasteiger partial charge in [-0.05, 0) is 72.0 Å². The average molecular weight is 417 g/mol. The van der Waals surface area contributed by atoms with Crippen LogP contribution in [0, 0.1) is 46.3 Å². The molecule has 0 amide bonds. The second kappa shape index (κ2) is 8.03. The lowest BCUT2D eigenvalue weighted by molar-refractivity contribution is -0.157. The predicted octanol–water partition coefficient (Wildman–Crippen LogP) is 5.54. The molecule has 3 fully saturated rings. The smallest absolute Gasteiger partial charge is 0.136 e. The lowest BCUT2D eigenvalue weighted by Gasteiger charge is -2.60. The fourth-order valence-corrected chi connectivity index (χ4v) is 8.45. The molecule has 0 unspecified atom stereocenters. The van der Waals surface area contributed by atoms with Gasteiger partial charge in [-0.2, -0.15) is 0 Å². The number of hydrogen-bond donors (Lipinski definition) is 2. The van der Waals surface area contributed by atoms with E-state index >= 15 is 0 Å². The molecule has 0 heterocycles. The van der Waals surface area contributed by atoms with Gasteiger partial charge in [0, 0.05) is 12.8 Å². The average Bonchev–Trinajstić information content (AvgIpc) is 3.02. The molecule has 0 aromatic carbocycles. The molecule has 0 aromatic rings. The van der Waals surface area contributed by atoms with Gasteiger partial charge in [0.25, 0.3) is 0 Å². The summed E-state index contributed by atoms with van der Waals surface area (Å²) in [6, 6.07) is 0. The van der Waals surface area contributed by atoms with Crippen molar-refractivity contribution in [2.45, 2.75) is 105 Å². The van der Waals surface area contributed by atoms with E-state index in [1.807, 2.05) is 0 Å². The van der Waals surface area contributed by atoms with E-state index in [1.165, 1.54) is 25.7 Å². The van der Waals surface area contributed by atoms with Gasteiger partial charge in [0.15, 0.2) is 0 Å². The third-order valence-corrected chi connectivity index (χ3v) is 10.3. The predicted molar refractivity (Wildman–Crippen MR) is 121 cm³/mol. The van der Waals surface area contributed by atoms with E-state index in [4.69, 9.17) is 0 Å². The van der Waals surface area contributed by atoms with Crippen LogP contribution < -0.4 is 0 Å². The molecule has 3 heteroatoms. The summed E-state index contributed by atoms with van der Waals surface area (Å²) in [7, 11) is 0. The van der Waals surface area contributed by atoms with Crippen LogP contribution in [0.25, 0.3) is 0 Å². The zero-order chi connectivity index (χ0) is 21.8. The van der Waals surface area contributed by atoms with Crippen molar-refractivity contribution < 1.29 is 15.0 Å². The Hall–Kier alpha value is -0.670. The van der Waals surface area contributed by atoms with E-state index < -0.39 is 6.10 Å². The first-order valence-corrected chi connectivity index (χ1v) is 12.7. The Balaban J connectivity index is 1.59. The lowest BCUT2D eigenvalue weighted by Crippen LogP contribution is -2.59. The number of rotatable bonds is 5. The maximum absolute atomic E-state index is 12.1. The molecule has 4 aliphatic rings. The highest BCUT2D eigenvalue weighted by molar-refractivity contribution is 5.82. The number of carbonyl (C=O) groups is 1. The van der Waals surface area contributed by atoms with E-state index in [1.54, 1.807) is 0 Å². The van der Waals surface area contributed by atoms with E-state index in [0.717, 1.165) is 30.8 Å². The SMILES string of the molecule is CC(C)CCC[C@@H](C)[C@H]1CC[C@H]2[C@@H]3[C@H](O)C=C4CC(=O)CC[C@]4(C)[C@H]3C[C@H](O)[C@]12C. The van der Waals surface area contributed by atoms with Crippen LogP contribution in [0.5, 0.6) is 0 Å². The van der Waals surface area contributed by atoms with Crippen molar-refractivity contribution in [3.05, 3.63) is 11.6 Å². The summed E-state index contributed by atoms with van der Waals surface area (Å²) < 4.78 is 0. The van der Waals surface area contributed by atoms with Gasteiger partial charge in [-0.15, -0.1) is 0 Å². The fraction of sp³-hybridized carbons (Fsp3) is 0.889. The van der Waals surface area contributed by atoms with Gasteiger partial charge < -0.3 is 10.2 Å². The molecule has 0 aromatic heterocycles. The summed E-state index contributed by atoms with van der Waals surface area (Å²) in [5.74, 6) is 3.14. The van der Waals surface area contributed by atoms with Crippen molar-refractivity contribution in [1.29, 1.82) is 0 Å². The summed E-state index contributed by atoms with van der Waals surface area (Å²) in [5, 5.41) is 22.8. The molecule has 30 heavy (non-hydrogen) atoms. The van der Waals surface area contributed by atoms with Crippen molar-refractivity contribution in [2.24, 2.45) is 46.3 Å². The largest absolute Gasteiger partial charge is 0.393 e. The number of hydrogen-bond acceptors (Lipinski definition) is 3. The zero-order valence-corrected chi connectivity index (χ0v) is 19.9. The van der Waals surface area contributed by atoms with Gasteiger partial charge >= 0.3 is 0 Å². The monoisotopic (exact) mass is 416 g/mol. The molecule has 4 aliphatic carbocycles. The van der Waals surface area contributed by atoms with Crippen LogP contribution in [0.2, 0.25) is 0 Å². The Bertz CT molecular complexity index is 696. The highest BCUT2D eigenvalue weighted by atomic mass is 16.3. The first kappa shape index (κ1) is 22.5. The van der Waals surface area contributed by atoms with Gasteiger partial charge in [-0.1, -0.05) is 65.5 Å². The third-order valence-electron chi connectivity index (χ3n) is 10.3. The minimum atomic E-state index is -0.462. The molecule has 3 saturated carbocycles. The second-order valence-electron chi connectivity index (χ2n) is 12.2. The van der Waals surface area contributed by atoms with Gasteiger partial charge in [0.05, 0.1) is 12.2 Å². The number of allylic oxidation sites excluding steroid dienone is 1. The van der Waals surface area contributed by atoms with Crippen molar-refractivity contribution in [1.82, 2.24) is 0 Å². The Morgan fingerprint density at radius 2 is 1.83 bits per heavy atom. The van der Waals surface area contributed by atoms with Crippen molar-refractivity contribution in [2.75, 3.05) is 0 Å².